The second-order valence-electron chi connectivity index (χ2n) is 1.91. The Bertz CT molecular complexity index is 232. The van der Waals surface area contributed by atoms with Crippen LogP contribution in [0.25, 0.3) is 5.08 Å². The Morgan fingerprint density at radius 3 is 2.91 bits per heavy atom. The molecule has 0 bridgehead atoms. The first-order valence-electron chi connectivity index (χ1n) is 2.82. The molecule has 1 aliphatic rings. The lowest BCUT2D eigenvalue weighted by atomic mass is 10.3. The number of hydrogen-bond acceptors (Lipinski definition) is 5. The molecule has 0 aromatic heterocycles. The van der Waals surface area contributed by atoms with E-state index in [1.165, 1.54) is 0 Å². The summed E-state index contributed by atoms with van der Waals surface area (Å²) in [5, 5.41) is 12.3. The molecule has 58 valence electrons. The third-order valence-corrected chi connectivity index (χ3v) is 1.16. The lowest BCUT2D eigenvalue weighted by molar-refractivity contribution is -0.132. The molecule has 2 amide bonds. The molecule has 7 nitrogen and oxygen atoms in total. The van der Waals surface area contributed by atoms with Crippen LogP contribution >= 0.6 is 0 Å². The normalized spacial score (nSPS) is 22.6. The molecular weight excluding hydrogens is 152 g/mol. The second-order valence-corrected chi connectivity index (χ2v) is 1.91. The van der Waals surface area contributed by atoms with Crippen LogP contribution in [0.5, 0.6) is 0 Å². The van der Waals surface area contributed by atoms with Gasteiger partial charge in [-0.25, -0.2) is 0 Å². The molecular formula is C4H5N4O3+. The van der Waals surface area contributed by atoms with Gasteiger partial charge in [0.2, 0.25) is 5.91 Å². The van der Waals surface area contributed by atoms with E-state index in [4.69, 9.17) is 5.39 Å². The van der Waals surface area contributed by atoms with Gasteiger partial charge in [0.05, 0.1) is 12.0 Å². The van der Waals surface area contributed by atoms with Crippen molar-refractivity contribution in [3.8, 4) is 0 Å². The van der Waals surface area contributed by atoms with Gasteiger partial charge in [0.15, 0.2) is 6.10 Å². The molecule has 1 aliphatic heterocycles. The van der Waals surface area contributed by atoms with Crippen molar-refractivity contribution in [1.29, 1.82) is 5.39 Å². The molecule has 1 unspecified atom stereocenters. The quantitative estimate of drug-likeness (QED) is 0.295. The molecule has 11 heavy (non-hydrogen) atoms. The van der Waals surface area contributed by atoms with Gasteiger partial charge in [-0.3, -0.25) is 14.9 Å². The van der Waals surface area contributed by atoms with Crippen molar-refractivity contribution in [2.24, 2.45) is 0 Å². The molecule has 1 rings (SSSR count). The summed E-state index contributed by atoms with van der Waals surface area (Å²) >= 11 is 0. The van der Waals surface area contributed by atoms with E-state index >= 15 is 0 Å². The van der Waals surface area contributed by atoms with Gasteiger partial charge in [-0.15, -0.1) is 0 Å². The molecule has 0 saturated carbocycles. The minimum Gasteiger partial charge on any atom is -0.294 e. The van der Waals surface area contributed by atoms with Crippen molar-refractivity contribution in [3.63, 3.8) is 0 Å². The predicted molar refractivity (Wildman–Crippen MR) is 30.9 cm³/mol. The van der Waals surface area contributed by atoms with Gasteiger partial charge in [-0.2, -0.15) is 4.84 Å². The van der Waals surface area contributed by atoms with Crippen LogP contribution in [0, 0.1) is 5.39 Å². The van der Waals surface area contributed by atoms with Crippen LogP contribution in [0.15, 0.2) is 0 Å². The maximum Gasteiger partial charge on any atom is 0.331 e. The fraction of sp³-hybridized carbons (Fsp3) is 0.500. The highest BCUT2D eigenvalue weighted by Gasteiger charge is 2.32. The summed E-state index contributed by atoms with van der Waals surface area (Å²) in [5.74, 6) is -0.939. The van der Waals surface area contributed by atoms with E-state index in [0.29, 0.717) is 0 Å². The monoisotopic (exact) mass is 157 g/mol. The summed E-state index contributed by atoms with van der Waals surface area (Å²) in [4.78, 5) is 25.6. The zero-order valence-electron chi connectivity index (χ0n) is 5.40. The largest absolute Gasteiger partial charge is 0.331 e. The van der Waals surface area contributed by atoms with Crippen LogP contribution < -0.4 is 10.9 Å². The summed E-state index contributed by atoms with van der Waals surface area (Å²) in [6, 6.07) is 0. The van der Waals surface area contributed by atoms with Crippen molar-refractivity contribution < 1.29 is 14.4 Å². The fourth-order valence-electron chi connectivity index (χ4n) is 0.712. The van der Waals surface area contributed by atoms with Crippen LogP contribution in [-0.4, -0.2) is 17.9 Å². The Kier molecular flexibility index (Phi) is 1.98. The van der Waals surface area contributed by atoms with Crippen molar-refractivity contribution >= 4 is 11.8 Å². The minimum absolute atomic E-state index is 0.0542. The van der Waals surface area contributed by atoms with Gasteiger partial charge >= 0.3 is 5.08 Å². The summed E-state index contributed by atoms with van der Waals surface area (Å²) in [7, 11) is 0. The van der Waals surface area contributed by atoms with E-state index in [1.54, 1.807) is 5.59 Å². The Labute approximate surface area is 61.2 Å². The average Bonchev–Trinajstić information content (AvgIpc) is 2.26. The lowest BCUT2D eigenvalue weighted by Gasteiger charge is -1.96. The SMILES string of the molecule is N#[N+]NOC1CC(=O)NC1=O. The number of amides is 2. The first kappa shape index (κ1) is 7.43. The van der Waals surface area contributed by atoms with E-state index in [-0.39, 0.29) is 6.42 Å². The Morgan fingerprint density at radius 2 is 2.45 bits per heavy atom. The zero-order valence-corrected chi connectivity index (χ0v) is 5.40. The molecule has 1 fully saturated rings. The predicted octanol–water partition coefficient (Wildman–Crippen LogP) is -1.31. The highest BCUT2D eigenvalue weighted by atomic mass is 16.7. The number of imide groups is 1. The summed E-state index contributed by atoms with van der Waals surface area (Å²) in [6.07, 6.45) is -0.958. The van der Waals surface area contributed by atoms with Crippen molar-refractivity contribution in [2.45, 2.75) is 12.5 Å². The van der Waals surface area contributed by atoms with Crippen molar-refractivity contribution in [2.75, 3.05) is 0 Å². The van der Waals surface area contributed by atoms with Crippen LogP contribution in [0.3, 0.4) is 0 Å². The Balaban J connectivity index is 2.42. The first-order valence-corrected chi connectivity index (χ1v) is 2.82. The molecule has 0 aliphatic carbocycles. The van der Waals surface area contributed by atoms with E-state index in [9.17, 15) is 9.59 Å². The number of carbonyl (C=O) groups is 2. The Hall–Kier alpha value is -1.68. The lowest BCUT2D eigenvalue weighted by Crippen LogP contribution is -2.29. The van der Waals surface area contributed by atoms with Crippen LogP contribution in [0.1, 0.15) is 6.42 Å². The average molecular weight is 157 g/mol. The molecule has 0 radical (unpaired) electrons. The Morgan fingerprint density at radius 1 is 1.73 bits per heavy atom. The van der Waals surface area contributed by atoms with E-state index < -0.39 is 17.9 Å². The minimum atomic E-state index is -0.904. The molecule has 0 spiro atoms. The molecule has 1 heterocycles. The molecule has 0 aromatic carbocycles. The number of carbonyl (C=O) groups excluding carboxylic acids is 2. The van der Waals surface area contributed by atoms with Crippen molar-refractivity contribution in [1.82, 2.24) is 10.9 Å². The fourth-order valence-corrected chi connectivity index (χ4v) is 0.712. The third-order valence-electron chi connectivity index (χ3n) is 1.16. The number of nitrogens with zero attached hydrogens (tertiary/aromatic N) is 2. The van der Waals surface area contributed by atoms with Gasteiger partial charge in [-0.05, 0) is 0 Å². The zero-order chi connectivity index (χ0) is 8.27. The first-order chi connectivity index (χ1) is 5.24. The summed E-state index contributed by atoms with van der Waals surface area (Å²) in [5.41, 5.74) is 1.71. The van der Waals surface area contributed by atoms with Gasteiger partial charge in [-0.1, -0.05) is 0 Å². The molecule has 1 saturated heterocycles. The standard InChI is InChI=1S/C4H4N4O3/c5-7-8-11-2-1-3(9)6-4(2)10/h2,8H,1H2/p+1. The topological polar surface area (TPSA) is 95.6 Å². The van der Waals surface area contributed by atoms with E-state index in [1.807, 2.05) is 5.32 Å². The van der Waals surface area contributed by atoms with Gasteiger partial charge in [0.25, 0.3) is 11.3 Å². The second kappa shape index (κ2) is 2.94. The maximum absolute atomic E-state index is 10.7. The summed E-state index contributed by atoms with van der Waals surface area (Å²) in [6.45, 7) is 0. The van der Waals surface area contributed by atoms with Crippen LogP contribution in [0.2, 0.25) is 0 Å². The number of hydrogen-bond donors (Lipinski definition) is 2. The van der Waals surface area contributed by atoms with E-state index in [2.05, 4.69) is 9.92 Å². The molecule has 1 atom stereocenters. The number of rotatable bonds is 2. The molecule has 0 aromatic rings. The van der Waals surface area contributed by atoms with Gasteiger partial charge in [0, 0.05) is 0 Å². The summed E-state index contributed by atoms with van der Waals surface area (Å²) < 4.78 is 0. The third kappa shape index (κ3) is 1.62. The molecule has 7 heteroatoms. The molecule has 2 N–H and O–H groups in total. The number of nitrogens with one attached hydrogen (secondary N) is 2. The highest BCUT2D eigenvalue weighted by molar-refractivity contribution is 6.04. The van der Waals surface area contributed by atoms with Crippen LogP contribution in [0.4, 0.5) is 0 Å². The van der Waals surface area contributed by atoms with Gasteiger partial charge in [0.1, 0.15) is 0 Å². The number of diazo groups is 1. The van der Waals surface area contributed by atoms with Gasteiger partial charge < -0.3 is 0 Å². The maximum atomic E-state index is 10.7. The smallest absolute Gasteiger partial charge is 0.294 e. The van der Waals surface area contributed by atoms with E-state index in [0.717, 1.165) is 0 Å². The highest BCUT2D eigenvalue weighted by Crippen LogP contribution is 2.03. The van der Waals surface area contributed by atoms with Crippen molar-refractivity contribution in [3.05, 3.63) is 5.08 Å². The van der Waals surface area contributed by atoms with Crippen LogP contribution in [-0.2, 0) is 14.4 Å².